The van der Waals surface area contributed by atoms with Crippen molar-refractivity contribution in [3.8, 4) is 0 Å². The predicted octanol–water partition coefficient (Wildman–Crippen LogP) is -0.634. The van der Waals surface area contributed by atoms with Crippen molar-refractivity contribution in [2.75, 3.05) is 13.2 Å². The molecule has 0 saturated carbocycles. The van der Waals surface area contributed by atoms with Crippen LogP contribution in [0.5, 0.6) is 0 Å². The lowest BCUT2D eigenvalue weighted by Gasteiger charge is -2.22. The molecule has 1 fully saturated rings. The van der Waals surface area contributed by atoms with Crippen LogP contribution in [0.25, 0.3) is 0 Å². The quantitative estimate of drug-likeness (QED) is 0.553. The zero-order valence-corrected chi connectivity index (χ0v) is 6.79. The molecule has 1 heterocycles. The monoisotopic (exact) mass is 173 g/mol. The first-order valence-corrected chi connectivity index (χ1v) is 3.67. The summed E-state index contributed by atoms with van der Waals surface area (Å²) in [5.41, 5.74) is -1.27. The van der Waals surface area contributed by atoms with Crippen molar-refractivity contribution in [3.63, 3.8) is 0 Å². The summed E-state index contributed by atoms with van der Waals surface area (Å²) in [6.45, 7) is 1.74. The molecule has 1 rings (SSSR count). The lowest BCUT2D eigenvalue weighted by atomic mass is 10.1. The summed E-state index contributed by atoms with van der Waals surface area (Å²) in [6, 6.07) is 0. The maximum absolute atomic E-state index is 10.9. The van der Waals surface area contributed by atoms with Crippen molar-refractivity contribution in [1.29, 1.82) is 0 Å². The van der Waals surface area contributed by atoms with Gasteiger partial charge in [0, 0.05) is 6.42 Å². The average Bonchev–Trinajstić information content (AvgIpc) is 2.12. The van der Waals surface area contributed by atoms with Crippen LogP contribution < -0.4 is 5.32 Å². The summed E-state index contributed by atoms with van der Waals surface area (Å²) in [4.78, 5) is 21.6. The highest BCUT2D eigenvalue weighted by molar-refractivity contribution is 5.87. The van der Waals surface area contributed by atoms with Gasteiger partial charge in [-0.1, -0.05) is 0 Å². The minimum atomic E-state index is -1.27. The number of ether oxygens (including phenoxy) is 1. The van der Waals surface area contributed by atoms with Gasteiger partial charge in [0.05, 0.1) is 13.2 Å². The van der Waals surface area contributed by atoms with Crippen molar-refractivity contribution in [1.82, 2.24) is 5.32 Å². The minimum Gasteiger partial charge on any atom is -0.479 e. The first-order valence-electron chi connectivity index (χ1n) is 3.67. The molecule has 1 unspecified atom stereocenters. The second-order valence-corrected chi connectivity index (χ2v) is 2.99. The summed E-state index contributed by atoms with van der Waals surface area (Å²) in [5.74, 6) is -1.35. The smallest absolute Gasteiger partial charge is 0.331 e. The number of carboxylic acid groups (broad SMARTS) is 1. The second-order valence-electron chi connectivity index (χ2n) is 2.99. The van der Waals surface area contributed by atoms with E-state index in [-0.39, 0.29) is 25.5 Å². The van der Waals surface area contributed by atoms with Crippen LogP contribution in [0.1, 0.15) is 13.3 Å². The first kappa shape index (κ1) is 8.99. The maximum atomic E-state index is 10.9. The molecule has 1 amide bonds. The molecule has 2 N–H and O–H groups in total. The molecule has 5 nitrogen and oxygen atoms in total. The third-order valence-corrected chi connectivity index (χ3v) is 1.75. The van der Waals surface area contributed by atoms with Crippen LogP contribution in [0.15, 0.2) is 0 Å². The zero-order valence-electron chi connectivity index (χ0n) is 6.79. The molecule has 0 aromatic carbocycles. The summed E-state index contributed by atoms with van der Waals surface area (Å²) in [5, 5.41) is 11.1. The molecule has 1 atom stereocenters. The molecule has 0 bridgehead atoms. The summed E-state index contributed by atoms with van der Waals surface area (Å²) < 4.78 is 4.98. The number of carbonyl (C=O) groups excluding carboxylic acids is 1. The topological polar surface area (TPSA) is 75.6 Å². The first-order chi connectivity index (χ1) is 5.54. The molecule has 0 radical (unpaired) electrons. The highest BCUT2D eigenvalue weighted by Crippen LogP contribution is 2.08. The number of carbonyl (C=O) groups is 2. The van der Waals surface area contributed by atoms with Crippen LogP contribution in [0.4, 0.5) is 0 Å². The lowest BCUT2D eigenvalue weighted by Crippen LogP contribution is -2.53. The molecule has 68 valence electrons. The number of nitrogens with one attached hydrogen (secondary N) is 1. The van der Waals surface area contributed by atoms with Crippen molar-refractivity contribution in [3.05, 3.63) is 0 Å². The van der Waals surface area contributed by atoms with Crippen LogP contribution >= 0.6 is 0 Å². The van der Waals surface area contributed by atoms with Gasteiger partial charge in [-0.2, -0.15) is 0 Å². The van der Waals surface area contributed by atoms with Gasteiger partial charge in [-0.3, -0.25) is 4.79 Å². The van der Waals surface area contributed by atoms with Gasteiger partial charge in [0.15, 0.2) is 5.54 Å². The molecule has 1 aliphatic heterocycles. The Morgan fingerprint density at radius 1 is 1.75 bits per heavy atom. The summed E-state index contributed by atoms with van der Waals surface area (Å²) in [7, 11) is 0. The Morgan fingerprint density at radius 2 is 2.42 bits per heavy atom. The largest absolute Gasteiger partial charge is 0.479 e. The Bertz CT molecular complexity index is 215. The maximum Gasteiger partial charge on any atom is 0.331 e. The fraction of sp³-hybridized carbons (Fsp3) is 0.714. The highest BCUT2D eigenvalue weighted by Gasteiger charge is 2.36. The summed E-state index contributed by atoms with van der Waals surface area (Å²) in [6.07, 6.45) is 0.225. The zero-order chi connectivity index (χ0) is 9.19. The third-order valence-electron chi connectivity index (χ3n) is 1.75. The number of hydrogen-bond donors (Lipinski definition) is 2. The van der Waals surface area contributed by atoms with E-state index in [0.29, 0.717) is 0 Å². The lowest BCUT2D eigenvalue weighted by molar-refractivity contribution is -0.148. The van der Waals surface area contributed by atoms with Gasteiger partial charge in [-0.15, -0.1) is 0 Å². The fourth-order valence-electron chi connectivity index (χ4n) is 0.963. The van der Waals surface area contributed by atoms with Gasteiger partial charge < -0.3 is 15.2 Å². The van der Waals surface area contributed by atoms with Crippen LogP contribution in [0.2, 0.25) is 0 Å². The van der Waals surface area contributed by atoms with Crippen LogP contribution in [-0.2, 0) is 14.3 Å². The molecule has 0 aromatic heterocycles. The van der Waals surface area contributed by atoms with Gasteiger partial charge in [0.1, 0.15) is 0 Å². The van der Waals surface area contributed by atoms with Gasteiger partial charge >= 0.3 is 5.97 Å². The minimum absolute atomic E-state index is 0.0219. The van der Waals surface area contributed by atoms with E-state index in [9.17, 15) is 9.59 Å². The third kappa shape index (κ3) is 1.73. The normalized spacial score (nSPS) is 30.6. The molecule has 12 heavy (non-hydrogen) atoms. The molecular weight excluding hydrogens is 162 g/mol. The number of carboxylic acids is 1. The molecular formula is C7H11NO4. The summed E-state index contributed by atoms with van der Waals surface area (Å²) >= 11 is 0. The SMILES string of the molecule is CC1(C(=O)O)COCCC(=O)N1. The average molecular weight is 173 g/mol. The van der Waals surface area contributed by atoms with Crippen molar-refractivity contribution < 1.29 is 19.4 Å². The van der Waals surface area contributed by atoms with Gasteiger partial charge in [-0.25, -0.2) is 4.79 Å². The standard InChI is InChI=1S/C7H11NO4/c1-7(6(10)11)4-12-3-2-5(9)8-7/h2-4H2,1H3,(H,8,9)(H,10,11). The van der Waals surface area contributed by atoms with E-state index in [4.69, 9.17) is 9.84 Å². The van der Waals surface area contributed by atoms with E-state index < -0.39 is 11.5 Å². The number of hydrogen-bond acceptors (Lipinski definition) is 3. The van der Waals surface area contributed by atoms with E-state index in [1.165, 1.54) is 6.92 Å². The highest BCUT2D eigenvalue weighted by atomic mass is 16.5. The van der Waals surface area contributed by atoms with E-state index >= 15 is 0 Å². The molecule has 1 aliphatic rings. The van der Waals surface area contributed by atoms with Gasteiger partial charge in [-0.05, 0) is 6.92 Å². The van der Waals surface area contributed by atoms with Crippen molar-refractivity contribution >= 4 is 11.9 Å². The second kappa shape index (κ2) is 3.10. The van der Waals surface area contributed by atoms with Gasteiger partial charge in [0.25, 0.3) is 0 Å². The molecule has 0 spiro atoms. The molecule has 5 heteroatoms. The molecule has 1 saturated heterocycles. The number of aliphatic carboxylic acids is 1. The van der Waals surface area contributed by atoms with Gasteiger partial charge in [0.2, 0.25) is 5.91 Å². The van der Waals surface area contributed by atoms with Crippen molar-refractivity contribution in [2.24, 2.45) is 0 Å². The Labute approximate surface area is 69.7 Å². The van der Waals surface area contributed by atoms with Crippen LogP contribution in [-0.4, -0.2) is 35.7 Å². The van der Waals surface area contributed by atoms with E-state index in [1.54, 1.807) is 0 Å². The Kier molecular flexibility index (Phi) is 2.32. The number of rotatable bonds is 1. The number of amides is 1. The molecule has 0 aliphatic carbocycles. The van der Waals surface area contributed by atoms with E-state index in [0.717, 1.165) is 0 Å². The Morgan fingerprint density at radius 3 is 3.00 bits per heavy atom. The van der Waals surface area contributed by atoms with Crippen LogP contribution in [0, 0.1) is 0 Å². The van der Waals surface area contributed by atoms with Crippen molar-refractivity contribution in [2.45, 2.75) is 18.9 Å². The Balaban J connectivity index is 2.74. The molecule has 0 aromatic rings. The fourth-order valence-corrected chi connectivity index (χ4v) is 0.963. The predicted molar refractivity (Wildman–Crippen MR) is 39.6 cm³/mol. The Hall–Kier alpha value is -1.10. The van der Waals surface area contributed by atoms with Crippen LogP contribution in [0.3, 0.4) is 0 Å². The van der Waals surface area contributed by atoms with E-state index in [2.05, 4.69) is 5.32 Å². The van der Waals surface area contributed by atoms with E-state index in [1.807, 2.05) is 0 Å².